The Labute approximate surface area is 870 Å². The van der Waals surface area contributed by atoms with Crippen molar-refractivity contribution < 1.29 is 81.3 Å². The van der Waals surface area contributed by atoms with Gasteiger partial charge in [0.15, 0.2) is 19.3 Å². The van der Waals surface area contributed by atoms with Gasteiger partial charge < -0.3 is 55.3 Å². The van der Waals surface area contributed by atoms with Crippen LogP contribution in [0.4, 0.5) is 45.5 Å². The number of amides is 7. The minimum atomic E-state index is -5.24. The van der Waals surface area contributed by atoms with E-state index in [1.165, 1.54) is 73.0 Å². The molecule has 0 aliphatic carbocycles. The van der Waals surface area contributed by atoms with E-state index in [9.17, 15) is 62.4 Å². The van der Waals surface area contributed by atoms with Crippen molar-refractivity contribution in [2.45, 2.75) is 292 Å². The molecule has 1 unspecified atom stereocenters. The monoisotopic (exact) mass is 2080 g/mol. The standard InChI is InChI=1S/C15H22N2O.C14H18F3NO2S.C14H20N2O.C14H21NO2S.2C13H17NO2.C12H15NO2.C11H15NO3S.8CH4/c1-11(2)8-12-4-5-13-6-7-17(15(18)16-3)10-14(13)9-12;1-10(2)7-11-3-4-12-5-6-18(9-13(12)8-11)21(19,20)14(15,16)17;1-10(2)7-11-3-4-12-5-6-16(14(15)17)9-13(12)8-11;1-11(2)8-12-4-5-13-6-7-15(18(3,16)17)10-14(13)9-12;1-9(2)6-10-4-5-12-11(7-10)14(3)13(15)8-16-12;1-8(2)6-10-4-5-12-11(7-10)14-13(15)9(3)16-12;1-8(2)5-9-3-4-11-10(6-9)13-12(14)7-15-11;1-8(2)5-9-3-4-11-10(6-9)12-16(13,14)7-15-11;;;;;;;;/h4-5,9,11H,6-8,10H2,1-3H3,(H,16,18);3-4,8,10H,5-7,9H2,1-2H3;3-4,8,10H,5-7,9H2,1-2H3,(H2,15,17);4-5,9,11H,6-8,10H2,1-3H3;4-5,7,9H,6,8H2,1-3H3;4-5,7-9H,6H2,1-3H3,(H,14,15);3-4,6,8H,5,7H2,1-2H3,(H,13,14);3-4,6,8,12H,5,7H2,1-2H3;8*1H4. The molecule has 0 saturated heterocycles. The van der Waals surface area contributed by atoms with Crippen molar-refractivity contribution in [2.75, 3.05) is 85.9 Å². The molecule has 6 N–H and O–H groups in total. The number of alkyl halides is 3. The summed E-state index contributed by atoms with van der Waals surface area (Å²) in [5.41, 5.74) is 22.4. The number of hydrogen-bond donors (Lipinski definition) is 5. The highest BCUT2D eigenvalue weighted by Gasteiger charge is 2.50. The molecule has 0 aromatic heterocycles. The molecule has 31 heteroatoms. The van der Waals surface area contributed by atoms with E-state index in [0.717, 1.165) is 141 Å². The van der Waals surface area contributed by atoms with Gasteiger partial charge in [-0.2, -0.15) is 21.8 Å². The first-order chi connectivity index (χ1) is 64.4. The number of hydrogen-bond acceptors (Lipinski definition) is 15. The lowest BCUT2D eigenvalue weighted by Crippen LogP contribution is -2.43. The minimum absolute atomic E-state index is 0. The van der Waals surface area contributed by atoms with Crippen molar-refractivity contribution in [3.8, 4) is 23.0 Å². The van der Waals surface area contributed by atoms with Gasteiger partial charge in [-0.05, 0) is 269 Å². The molecule has 8 aromatic rings. The van der Waals surface area contributed by atoms with Crippen LogP contribution in [0.2, 0.25) is 0 Å². The number of primary amides is 1. The second-order valence-electron chi connectivity index (χ2n) is 39.9. The lowest BCUT2D eigenvalue weighted by Gasteiger charge is -2.29. The van der Waals surface area contributed by atoms with Crippen LogP contribution < -0.4 is 50.3 Å². The second-order valence-corrected chi connectivity index (χ2v) is 45.5. The average molecular weight is 2080 g/mol. The van der Waals surface area contributed by atoms with Gasteiger partial charge in [0, 0.05) is 66.5 Å². The summed E-state index contributed by atoms with van der Waals surface area (Å²) >= 11 is 0. The Balaban J connectivity index is 0.000000823. The van der Waals surface area contributed by atoms with Crippen LogP contribution in [0.1, 0.15) is 266 Å². The van der Waals surface area contributed by atoms with E-state index in [1.807, 2.05) is 77.7 Å². The summed E-state index contributed by atoms with van der Waals surface area (Å²) in [6, 6.07) is 48.9. The van der Waals surface area contributed by atoms with Gasteiger partial charge in [0.05, 0.1) is 29.0 Å². The molecule has 0 saturated carbocycles. The van der Waals surface area contributed by atoms with Gasteiger partial charge in [-0.3, -0.25) is 19.1 Å². The number of fused-ring (bicyclic) bond motifs is 8. The van der Waals surface area contributed by atoms with Crippen LogP contribution in [0.15, 0.2) is 146 Å². The number of carbonyl (C=O) groups is 5. The van der Waals surface area contributed by atoms with Gasteiger partial charge in [0.1, 0.15) is 23.0 Å². The number of nitrogens with one attached hydrogen (secondary N) is 4. The molecule has 145 heavy (non-hydrogen) atoms. The van der Waals surface area contributed by atoms with Crippen LogP contribution in [0, 0.1) is 47.3 Å². The van der Waals surface area contributed by atoms with Crippen LogP contribution in [-0.2, 0) is 148 Å². The Kier molecular flexibility index (Phi) is 54.7. The molecule has 8 aromatic carbocycles. The highest BCUT2D eigenvalue weighted by Crippen LogP contribution is 2.38. The van der Waals surface area contributed by atoms with E-state index in [4.69, 9.17) is 24.7 Å². The van der Waals surface area contributed by atoms with E-state index in [-0.39, 0.29) is 121 Å². The highest BCUT2D eigenvalue weighted by atomic mass is 32.2. The van der Waals surface area contributed by atoms with E-state index in [2.05, 4.69) is 204 Å². The van der Waals surface area contributed by atoms with E-state index in [0.29, 0.717) is 94.7 Å². The van der Waals surface area contributed by atoms with Crippen molar-refractivity contribution in [3.05, 3.63) is 235 Å². The normalized spacial score (nSPS) is 15.3. The number of rotatable bonds is 18. The molecule has 0 radical (unpaired) electrons. The van der Waals surface area contributed by atoms with Crippen molar-refractivity contribution in [2.24, 2.45) is 53.1 Å². The summed E-state index contributed by atoms with van der Waals surface area (Å²) in [6.07, 6.45) is 11.9. The Morgan fingerprint density at radius 3 is 1.14 bits per heavy atom. The SMILES string of the molecule is C.C.C.C.C.C.C.C.CC(C)Cc1ccc2c(c1)CN(C(N)=O)CC2.CC(C)Cc1ccc2c(c1)CN(S(=O)(=O)C(F)(F)F)CC2.CC(C)Cc1ccc2c(c1)CN(S(C)(=O)=O)CC2.CC(C)Cc1ccc2c(c1)N(C)C(=O)CO2.CC(C)Cc1ccc2c(c1)NC(=O)C(C)O2.CC(C)Cc1ccc2c(c1)NC(=O)CO2.CC(C)Cc1ccc2c(c1)NS(=O)(=O)CO2.CNC(=O)N1CCc2ccc(CC(C)C)cc2C1. The Morgan fingerprint density at radius 2 is 0.752 bits per heavy atom. The summed E-state index contributed by atoms with van der Waals surface area (Å²) in [5.74, 6) is 7.24. The topological polar surface area (TPSA) is 315 Å². The minimum Gasteiger partial charge on any atom is -0.482 e. The largest absolute Gasteiger partial charge is 0.511 e. The fourth-order valence-electron chi connectivity index (χ4n) is 17.2. The Hall–Kier alpha value is -10.7. The first-order valence-corrected chi connectivity index (χ1v) is 52.7. The second kappa shape index (κ2) is 59.9. The molecule has 1 atom stereocenters. The molecule has 16 rings (SSSR count). The summed E-state index contributed by atoms with van der Waals surface area (Å²) in [6.45, 7) is 40.5. The third kappa shape index (κ3) is 40.8. The van der Waals surface area contributed by atoms with Gasteiger partial charge in [-0.15, -0.1) is 0 Å². The maximum absolute atomic E-state index is 12.6. The Bertz CT molecular complexity index is 5850. The molecular weight excluding hydrogens is 1900 g/mol. The van der Waals surface area contributed by atoms with Gasteiger partial charge in [-0.25, -0.2) is 34.8 Å². The molecule has 7 amide bonds. The lowest BCUT2D eigenvalue weighted by molar-refractivity contribution is -0.123. The summed E-state index contributed by atoms with van der Waals surface area (Å²) in [7, 11) is -8.15. The van der Waals surface area contributed by atoms with E-state index >= 15 is 0 Å². The predicted octanol–water partition coefficient (Wildman–Crippen LogP) is 24.3. The number of halogens is 3. The van der Waals surface area contributed by atoms with Crippen molar-refractivity contribution in [1.29, 1.82) is 0 Å². The van der Waals surface area contributed by atoms with Gasteiger partial charge in [-0.1, -0.05) is 267 Å². The molecule has 25 nitrogen and oxygen atoms in total. The third-order valence-electron chi connectivity index (χ3n) is 23.6. The fraction of sp³-hybridized carbons (Fsp3) is 0.535. The number of anilines is 4. The van der Waals surface area contributed by atoms with Crippen LogP contribution >= 0.6 is 0 Å². The number of nitrogens with two attached hydrogens (primary N) is 1. The quantitative estimate of drug-likeness (QED) is 0.0533. The summed E-state index contributed by atoms with van der Waals surface area (Å²) < 4.78 is 132. The average Bonchev–Trinajstić information content (AvgIpc) is 0.772. The zero-order valence-corrected chi connectivity index (χ0v) is 86.1. The van der Waals surface area contributed by atoms with E-state index in [1.54, 1.807) is 35.1 Å². The van der Waals surface area contributed by atoms with Gasteiger partial charge in [0.25, 0.3) is 27.7 Å². The number of ether oxygens (including phenoxy) is 4. The van der Waals surface area contributed by atoms with Crippen molar-refractivity contribution in [1.82, 2.24) is 23.7 Å². The predicted molar refractivity (Wildman–Crippen MR) is 594 cm³/mol. The molecule has 0 spiro atoms. The molecule has 8 heterocycles. The smallest absolute Gasteiger partial charge is 0.482 e. The number of nitrogens with zero attached hydrogens (tertiary/aromatic N) is 5. The number of carbonyl (C=O) groups excluding carboxylic acids is 5. The molecule has 8 aliphatic heterocycles. The molecule has 812 valence electrons. The number of urea groups is 2. The van der Waals surface area contributed by atoms with Gasteiger partial charge >= 0.3 is 27.6 Å². The first kappa shape index (κ1) is 132. The maximum atomic E-state index is 12.6. The van der Waals surface area contributed by atoms with Crippen molar-refractivity contribution in [3.63, 3.8) is 0 Å². The fourth-order valence-corrected chi connectivity index (χ4v) is 19.7. The van der Waals surface area contributed by atoms with Crippen LogP contribution in [0.3, 0.4) is 0 Å². The maximum Gasteiger partial charge on any atom is 0.511 e. The molecule has 0 fully saturated rings. The summed E-state index contributed by atoms with van der Waals surface area (Å²) in [5, 5.41) is 8.37. The zero-order valence-electron chi connectivity index (χ0n) is 83.6. The number of benzene rings is 8. The first-order valence-electron chi connectivity index (χ1n) is 47.8. The molecule has 0 bridgehead atoms. The number of likely N-dealkylation sites (N-methyl/N-ethyl adjacent to an activating group) is 1. The van der Waals surface area contributed by atoms with Crippen molar-refractivity contribution >= 4 is 82.6 Å². The van der Waals surface area contributed by atoms with Crippen LogP contribution in [0.5, 0.6) is 23.0 Å². The number of sulfonamides is 3. The summed E-state index contributed by atoms with van der Waals surface area (Å²) in [4.78, 5) is 62.2. The zero-order chi connectivity index (χ0) is 101. The third-order valence-corrected chi connectivity index (χ3v) is 27.4. The Morgan fingerprint density at radius 1 is 0.428 bits per heavy atom. The highest BCUT2D eigenvalue weighted by molar-refractivity contribution is 7.92. The molecular formula is C114H177F3N10O15S3. The van der Waals surface area contributed by atoms with Crippen LogP contribution in [-0.4, -0.2) is 151 Å². The van der Waals surface area contributed by atoms with E-state index < -0.39 is 41.7 Å². The van der Waals surface area contributed by atoms with Gasteiger partial charge in [0.2, 0.25) is 16.0 Å². The lowest BCUT2D eigenvalue weighted by atomic mass is 9.94. The van der Waals surface area contributed by atoms with Crippen LogP contribution in [0.25, 0.3) is 0 Å². The molecule has 8 aliphatic rings.